The number of aromatic nitrogens is 1. The van der Waals surface area contributed by atoms with Crippen LogP contribution in [0, 0.1) is 5.92 Å². The molecule has 2 rings (SSSR count). The van der Waals surface area contributed by atoms with Crippen LogP contribution in [0.2, 0.25) is 0 Å². The molecule has 1 aromatic rings. The number of carbonyl (C=O) groups is 1. The van der Waals surface area contributed by atoms with Gasteiger partial charge in [-0.25, -0.2) is 4.98 Å². The van der Waals surface area contributed by atoms with Crippen LogP contribution in [0.4, 0.5) is 5.82 Å². The van der Waals surface area contributed by atoms with Gasteiger partial charge in [0, 0.05) is 12.7 Å². The largest absolute Gasteiger partial charge is 0.504 e. The number of nitrogens with one attached hydrogen (secondary N) is 2. The van der Waals surface area contributed by atoms with Gasteiger partial charge >= 0.3 is 0 Å². The van der Waals surface area contributed by atoms with Gasteiger partial charge in [-0.3, -0.25) is 4.79 Å². The van der Waals surface area contributed by atoms with Crippen molar-refractivity contribution in [2.75, 3.05) is 18.4 Å². The summed E-state index contributed by atoms with van der Waals surface area (Å²) < 4.78 is 0. The molecule has 5 nitrogen and oxygen atoms in total. The van der Waals surface area contributed by atoms with E-state index in [4.69, 9.17) is 0 Å². The number of hydrogen-bond donors (Lipinski definition) is 3. The van der Waals surface area contributed by atoms with Crippen molar-refractivity contribution in [2.45, 2.75) is 6.42 Å². The summed E-state index contributed by atoms with van der Waals surface area (Å²) in [4.78, 5) is 15.6. The van der Waals surface area contributed by atoms with Crippen LogP contribution in [0.5, 0.6) is 5.75 Å². The van der Waals surface area contributed by atoms with Gasteiger partial charge in [-0.05, 0) is 25.1 Å². The molecule has 0 radical (unpaired) electrons. The van der Waals surface area contributed by atoms with E-state index in [2.05, 4.69) is 15.6 Å². The van der Waals surface area contributed by atoms with Gasteiger partial charge in [0.25, 0.3) is 0 Å². The molecule has 80 valence electrons. The Labute approximate surface area is 87.5 Å². The Kier molecular flexibility index (Phi) is 2.82. The maximum absolute atomic E-state index is 11.7. The molecule has 1 aliphatic heterocycles. The van der Waals surface area contributed by atoms with E-state index >= 15 is 0 Å². The third-order valence-electron chi connectivity index (χ3n) is 2.46. The van der Waals surface area contributed by atoms with E-state index in [1.54, 1.807) is 6.07 Å². The average molecular weight is 207 g/mol. The number of rotatable bonds is 2. The molecule has 0 unspecified atom stereocenters. The summed E-state index contributed by atoms with van der Waals surface area (Å²) in [6, 6.07) is 3.11. The third-order valence-corrected chi connectivity index (χ3v) is 2.46. The van der Waals surface area contributed by atoms with Gasteiger partial charge in [0.15, 0.2) is 11.6 Å². The highest BCUT2D eigenvalue weighted by Crippen LogP contribution is 2.19. The van der Waals surface area contributed by atoms with Crippen molar-refractivity contribution in [1.29, 1.82) is 0 Å². The zero-order valence-corrected chi connectivity index (χ0v) is 8.23. The molecule has 1 saturated heterocycles. The van der Waals surface area contributed by atoms with Crippen LogP contribution in [0.15, 0.2) is 18.3 Å². The fraction of sp³-hybridized carbons (Fsp3) is 0.400. The fourth-order valence-corrected chi connectivity index (χ4v) is 1.59. The van der Waals surface area contributed by atoms with Gasteiger partial charge in [0.1, 0.15) is 0 Å². The molecule has 1 aliphatic rings. The third kappa shape index (κ3) is 2.24. The van der Waals surface area contributed by atoms with Crippen molar-refractivity contribution in [3.8, 4) is 5.75 Å². The first-order chi connectivity index (χ1) is 7.27. The van der Waals surface area contributed by atoms with Gasteiger partial charge in [-0.2, -0.15) is 0 Å². The maximum atomic E-state index is 11.7. The molecule has 0 bridgehead atoms. The molecule has 3 N–H and O–H groups in total. The molecule has 0 spiro atoms. The van der Waals surface area contributed by atoms with Crippen LogP contribution in [-0.4, -0.2) is 29.1 Å². The lowest BCUT2D eigenvalue weighted by Gasteiger charge is -2.09. The molecule has 2 heterocycles. The lowest BCUT2D eigenvalue weighted by Crippen LogP contribution is -2.25. The van der Waals surface area contributed by atoms with Crippen molar-refractivity contribution in [2.24, 2.45) is 5.92 Å². The van der Waals surface area contributed by atoms with Crippen molar-refractivity contribution in [3.63, 3.8) is 0 Å². The predicted octanol–water partition coefficient (Wildman–Crippen LogP) is 0.335. The first-order valence-electron chi connectivity index (χ1n) is 4.93. The minimum absolute atomic E-state index is 0.00296. The smallest absolute Gasteiger partial charge is 0.230 e. The molecule has 5 heteroatoms. The van der Waals surface area contributed by atoms with E-state index in [1.165, 1.54) is 12.3 Å². The van der Waals surface area contributed by atoms with Crippen LogP contribution in [-0.2, 0) is 4.79 Å². The standard InChI is InChI=1S/C10H13N3O2/c14-8-2-1-4-12-9(8)13-10(15)7-3-5-11-6-7/h1-2,4,7,11,14H,3,5-6H2,(H,12,13,15)/t7-/m1/s1. The highest BCUT2D eigenvalue weighted by atomic mass is 16.3. The predicted molar refractivity (Wildman–Crippen MR) is 55.5 cm³/mol. The lowest BCUT2D eigenvalue weighted by atomic mass is 10.1. The molecule has 1 aromatic heterocycles. The van der Waals surface area contributed by atoms with Crippen LogP contribution < -0.4 is 10.6 Å². The number of nitrogens with zero attached hydrogens (tertiary/aromatic N) is 1. The molecule has 1 fully saturated rings. The van der Waals surface area contributed by atoms with Gasteiger partial charge in [0.2, 0.25) is 5.91 Å². The van der Waals surface area contributed by atoms with Gasteiger partial charge in [-0.15, -0.1) is 0 Å². The minimum Gasteiger partial charge on any atom is -0.504 e. The van der Waals surface area contributed by atoms with Crippen LogP contribution in [0.25, 0.3) is 0 Å². The number of anilines is 1. The highest BCUT2D eigenvalue weighted by molar-refractivity contribution is 5.93. The summed E-state index contributed by atoms with van der Waals surface area (Å²) in [5.74, 6) is 0.117. The molecule has 1 atom stereocenters. The van der Waals surface area contributed by atoms with E-state index in [0.717, 1.165) is 13.0 Å². The zero-order valence-electron chi connectivity index (χ0n) is 8.23. The Balaban J connectivity index is 2.02. The summed E-state index contributed by atoms with van der Waals surface area (Å²) in [6.07, 6.45) is 2.36. The molecular formula is C10H13N3O2. The number of hydrogen-bond acceptors (Lipinski definition) is 4. The lowest BCUT2D eigenvalue weighted by molar-refractivity contribution is -0.119. The van der Waals surface area contributed by atoms with Gasteiger partial charge in [-0.1, -0.05) is 0 Å². The first kappa shape index (κ1) is 9.92. The fourth-order valence-electron chi connectivity index (χ4n) is 1.59. The zero-order chi connectivity index (χ0) is 10.7. The van der Waals surface area contributed by atoms with E-state index in [1.807, 2.05) is 0 Å². The summed E-state index contributed by atoms with van der Waals surface area (Å²) in [5, 5.41) is 15.1. The Morgan fingerprint density at radius 2 is 2.53 bits per heavy atom. The minimum atomic E-state index is -0.0889. The van der Waals surface area contributed by atoms with E-state index in [0.29, 0.717) is 6.54 Å². The van der Waals surface area contributed by atoms with E-state index < -0.39 is 0 Å². The first-order valence-corrected chi connectivity index (χ1v) is 4.93. The Bertz CT molecular complexity index is 361. The molecule has 0 aromatic carbocycles. The normalized spacial score (nSPS) is 20.1. The second kappa shape index (κ2) is 4.27. The molecule has 0 saturated carbocycles. The second-order valence-corrected chi connectivity index (χ2v) is 3.55. The molecule has 0 aliphatic carbocycles. The SMILES string of the molecule is O=C(Nc1ncccc1O)[C@@H]1CCNC1. The Morgan fingerprint density at radius 3 is 3.20 bits per heavy atom. The van der Waals surface area contributed by atoms with Gasteiger partial charge < -0.3 is 15.7 Å². The van der Waals surface area contributed by atoms with E-state index in [-0.39, 0.29) is 23.4 Å². The quantitative estimate of drug-likeness (QED) is 0.653. The van der Waals surface area contributed by atoms with Crippen LogP contribution in [0.1, 0.15) is 6.42 Å². The number of aromatic hydroxyl groups is 1. The van der Waals surface area contributed by atoms with E-state index in [9.17, 15) is 9.90 Å². The highest BCUT2D eigenvalue weighted by Gasteiger charge is 2.23. The van der Waals surface area contributed by atoms with Crippen LogP contribution in [0.3, 0.4) is 0 Å². The summed E-state index contributed by atoms with van der Waals surface area (Å²) in [5.41, 5.74) is 0. The van der Waals surface area contributed by atoms with Crippen molar-refractivity contribution < 1.29 is 9.90 Å². The topological polar surface area (TPSA) is 74.2 Å². The summed E-state index contributed by atoms with van der Waals surface area (Å²) in [7, 11) is 0. The summed E-state index contributed by atoms with van der Waals surface area (Å²) in [6.45, 7) is 1.56. The second-order valence-electron chi connectivity index (χ2n) is 3.55. The summed E-state index contributed by atoms with van der Waals surface area (Å²) >= 11 is 0. The maximum Gasteiger partial charge on any atom is 0.230 e. The molecule has 1 amide bonds. The average Bonchev–Trinajstić information content (AvgIpc) is 2.74. The van der Waals surface area contributed by atoms with Crippen molar-refractivity contribution >= 4 is 11.7 Å². The van der Waals surface area contributed by atoms with Crippen molar-refractivity contribution in [1.82, 2.24) is 10.3 Å². The van der Waals surface area contributed by atoms with Gasteiger partial charge in [0.05, 0.1) is 5.92 Å². The Hall–Kier alpha value is -1.62. The number of amides is 1. The number of pyridine rings is 1. The van der Waals surface area contributed by atoms with Crippen LogP contribution >= 0.6 is 0 Å². The Morgan fingerprint density at radius 1 is 1.67 bits per heavy atom. The molecule has 15 heavy (non-hydrogen) atoms. The van der Waals surface area contributed by atoms with Crippen molar-refractivity contribution in [3.05, 3.63) is 18.3 Å². The monoisotopic (exact) mass is 207 g/mol. The molecular weight excluding hydrogens is 194 g/mol. The number of carbonyl (C=O) groups excluding carboxylic acids is 1.